The number of amides is 2. The summed E-state index contributed by atoms with van der Waals surface area (Å²) in [5.41, 5.74) is 5.44. The van der Waals surface area contributed by atoms with Gasteiger partial charge >= 0.3 is 18.2 Å². The van der Waals surface area contributed by atoms with Crippen molar-refractivity contribution in [3.05, 3.63) is 6.20 Å². The summed E-state index contributed by atoms with van der Waals surface area (Å²) < 4.78 is 42.0. The first-order chi connectivity index (χ1) is 12.6. The molecule has 11 nitrogen and oxygen atoms in total. The zero-order valence-electron chi connectivity index (χ0n) is 13.5. The highest BCUT2D eigenvalue weighted by Crippen LogP contribution is 2.27. The summed E-state index contributed by atoms with van der Waals surface area (Å²) in [6.45, 7) is 0.704. The van der Waals surface area contributed by atoms with Crippen LogP contribution < -0.4 is 20.7 Å². The first-order valence-corrected chi connectivity index (χ1v) is 7.39. The molecular formula is C13H14F3N5O6. The number of cyclic esters (lactones) is 1. The summed E-state index contributed by atoms with van der Waals surface area (Å²) in [5.74, 6) is -2.33. The number of nitrogens with two attached hydrogens (primary N) is 1. The second kappa shape index (κ2) is 8.03. The lowest BCUT2D eigenvalue weighted by Gasteiger charge is -2.18. The van der Waals surface area contributed by atoms with E-state index < -0.39 is 18.2 Å². The lowest BCUT2D eigenvalue weighted by atomic mass is 10.2. The summed E-state index contributed by atoms with van der Waals surface area (Å²) in [4.78, 5) is 41.5. The van der Waals surface area contributed by atoms with E-state index in [0.717, 1.165) is 0 Å². The number of hydrogen-bond acceptors (Lipinski definition) is 8. The van der Waals surface area contributed by atoms with Crippen LogP contribution in [0.1, 0.15) is 6.42 Å². The molecule has 1 atom stereocenters. The number of fused-ring (bicyclic) bond motifs is 1. The van der Waals surface area contributed by atoms with Crippen molar-refractivity contribution in [3.63, 3.8) is 0 Å². The Morgan fingerprint density at radius 1 is 1.44 bits per heavy atom. The highest BCUT2D eigenvalue weighted by Gasteiger charge is 2.38. The Kier molecular flexibility index (Phi) is 5.99. The number of nitrogens with one attached hydrogen (secondary N) is 1. The van der Waals surface area contributed by atoms with Gasteiger partial charge in [-0.25, -0.2) is 19.6 Å². The Balaban J connectivity index is 0.000000321. The van der Waals surface area contributed by atoms with Crippen LogP contribution in [0.5, 0.6) is 5.88 Å². The molecule has 2 aliphatic rings. The number of rotatable bonds is 3. The van der Waals surface area contributed by atoms with Gasteiger partial charge in [0.2, 0.25) is 0 Å². The van der Waals surface area contributed by atoms with Crippen LogP contribution in [-0.4, -0.2) is 65.0 Å². The van der Waals surface area contributed by atoms with E-state index in [0.29, 0.717) is 25.3 Å². The van der Waals surface area contributed by atoms with Crippen molar-refractivity contribution in [2.75, 3.05) is 29.9 Å². The molecule has 1 unspecified atom stereocenters. The molecule has 1 aromatic rings. The predicted molar refractivity (Wildman–Crippen MR) is 81.1 cm³/mol. The highest BCUT2D eigenvalue weighted by molar-refractivity contribution is 5.94. The molecule has 0 aromatic carbocycles. The van der Waals surface area contributed by atoms with Gasteiger partial charge in [0.25, 0.3) is 11.8 Å². The van der Waals surface area contributed by atoms with Gasteiger partial charge in [0, 0.05) is 0 Å². The Bertz CT molecular complexity index is 744. The van der Waals surface area contributed by atoms with Crippen molar-refractivity contribution in [2.24, 2.45) is 5.73 Å². The van der Waals surface area contributed by atoms with Crippen molar-refractivity contribution in [3.8, 4) is 5.88 Å². The van der Waals surface area contributed by atoms with Gasteiger partial charge < -0.3 is 25.6 Å². The number of halogens is 3. The summed E-state index contributed by atoms with van der Waals surface area (Å²) in [6.07, 6.45) is -3.85. The smallest absolute Gasteiger partial charge is 0.475 e. The molecule has 0 saturated carbocycles. The Morgan fingerprint density at radius 2 is 2.11 bits per heavy atom. The number of ether oxygens (including phenoxy) is 2. The molecule has 1 saturated heterocycles. The van der Waals surface area contributed by atoms with Crippen LogP contribution in [0, 0.1) is 0 Å². The molecule has 1 aromatic heterocycles. The van der Waals surface area contributed by atoms with Gasteiger partial charge in [-0.2, -0.15) is 13.2 Å². The summed E-state index contributed by atoms with van der Waals surface area (Å²) in [5, 5.41) is 9.66. The maximum absolute atomic E-state index is 11.8. The SMILES string of the molecule is NCCC1CN(c2cnc3c(n2)NC(=O)CO3)C(=O)O1.O=C(O)C(F)(F)F. The molecule has 0 aliphatic carbocycles. The molecule has 27 heavy (non-hydrogen) atoms. The van der Waals surface area contributed by atoms with Gasteiger partial charge in [-0.3, -0.25) is 9.69 Å². The number of hydrogen-bond donors (Lipinski definition) is 3. The summed E-state index contributed by atoms with van der Waals surface area (Å²) in [7, 11) is 0. The fourth-order valence-corrected chi connectivity index (χ4v) is 2.03. The number of anilines is 2. The number of aromatic nitrogens is 2. The van der Waals surface area contributed by atoms with Gasteiger partial charge in [-0.15, -0.1) is 0 Å². The first-order valence-electron chi connectivity index (χ1n) is 7.39. The number of carboxylic acids is 1. The zero-order chi connectivity index (χ0) is 20.2. The molecule has 148 valence electrons. The van der Waals surface area contributed by atoms with E-state index in [9.17, 15) is 22.8 Å². The second-order valence-corrected chi connectivity index (χ2v) is 5.22. The van der Waals surface area contributed by atoms with Gasteiger partial charge in [0.05, 0.1) is 12.7 Å². The Labute approximate surface area is 149 Å². The van der Waals surface area contributed by atoms with Crippen LogP contribution >= 0.6 is 0 Å². The van der Waals surface area contributed by atoms with Crippen LogP contribution in [0.2, 0.25) is 0 Å². The van der Waals surface area contributed by atoms with Gasteiger partial charge in [-0.05, 0) is 13.0 Å². The van der Waals surface area contributed by atoms with Crippen molar-refractivity contribution < 1.29 is 42.1 Å². The third-order valence-electron chi connectivity index (χ3n) is 3.21. The molecule has 4 N–H and O–H groups in total. The monoisotopic (exact) mass is 393 g/mol. The number of nitrogens with zero attached hydrogens (tertiary/aromatic N) is 3. The normalized spacial score (nSPS) is 18.5. The molecule has 1 fully saturated rings. The van der Waals surface area contributed by atoms with Crippen molar-refractivity contribution >= 4 is 29.6 Å². The van der Waals surface area contributed by atoms with E-state index in [1.165, 1.54) is 11.1 Å². The van der Waals surface area contributed by atoms with Crippen molar-refractivity contribution in [2.45, 2.75) is 18.7 Å². The maximum Gasteiger partial charge on any atom is 0.490 e. The fourth-order valence-electron chi connectivity index (χ4n) is 2.03. The average molecular weight is 393 g/mol. The van der Waals surface area contributed by atoms with Crippen LogP contribution in [0.3, 0.4) is 0 Å². The van der Waals surface area contributed by atoms with E-state index in [1.807, 2.05) is 0 Å². The molecule has 3 heterocycles. The van der Waals surface area contributed by atoms with E-state index in [-0.39, 0.29) is 30.3 Å². The fraction of sp³-hybridized carbons (Fsp3) is 0.462. The predicted octanol–water partition coefficient (Wildman–Crippen LogP) is 0.115. The van der Waals surface area contributed by atoms with Gasteiger partial charge in [-0.1, -0.05) is 0 Å². The quantitative estimate of drug-likeness (QED) is 0.648. The van der Waals surface area contributed by atoms with Crippen molar-refractivity contribution in [1.29, 1.82) is 0 Å². The summed E-state index contributed by atoms with van der Waals surface area (Å²) >= 11 is 0. The Hall–Kier alpha value is -3.16. The lowest BCUT2D eigenvalue weighted by Crippen LogP contribution is -2.30. The minimum Gasteiger partial charge on any atom is -0.475 e. The topological polar surface area (TPSA) is 157 Å². The van der Waals surface area contributed by atoms with Crippen molar-refractivity contribution in [1.82, 2.24) is 9.97 Å². The average Bonchev–Trinajstić information content (AvgIpc) is 2.94. The highest BCUT2D eigenvalue weighted by atomic mass is 19.4. The van der Waals surface area contributed by atoms with Crippen LogP contribution in [-0.2, 0) is 14.3 Å². The van der Waals surface area contributed by atoms with E-state index in [1.54, 1.807) is 0 Å². The van der Waals surface area contributed by atoms with Crippen LogP contribution in [0.15, 0.2) is 6.20 Å². The first kappa shape index (κ1) is 20.2. The van der Waals surface area contributed by atoms with Crippen LogP contribution in [0.25, 0.3) is 0 Å². The largest absolute Gasteiger partial charge is 0.490 e. The molecule has 0 radical (unpaired) electrons. The number of aliphatic carboxylic acids is 1. The van der Waals surface area contributed by atoms with E-state index in [2.05, 4.69) is 15.3 Å². The standard InChI is InChI=1S/C11H13N5O4.C2HF3O2/c12-2-1-6-4-16(11(18)20-6)7-3-13-10-9(14-7)15-8(17)5-19-10;3-2(4,5)1(6)7/h3,6H,1-2,4-5,12H2,(H,14,15,17);(H,6,7). The maximum atomic E-state index is 11.8. The molecule has 0 spiro atoms. The third kappa shape index (κ3) is 5.16. The third-order valence-corrected chi connectivity index (χ3v) is 3.21. The summed E-state index contributed by atoms with van der Waals surface area (Å²) in [6, 6.07) is 0. The Morgan fingerprint density at radius 3 is 2.70 bits per heavy atom. The van der Waals surface area contributed by atoms with Gasteiger partial charge in [0.15, 0.2) is 18.2 Å². The minimum atomic E-state index is -5.08. The molecule has 3 rings (SSSR count). The molecule has 2 amide bonds. The molecule has 2 aliphatic heterocycles. The molecule has 0 bridgehead atoms. The molecule has 14 heteroatoms. The number of carbonyl (C=O) groups excluding carboxylic acids is 2. The number of alkyl halides is 3. The minimum absolute atomic E-state index is 0.0919. The number of carbonyl (C=O) groups is 3. The molecular weight excluding hydrogens is 379 g/mol. The zero-order valence-corrected chi connectivity index (χ0v) is 13.5. The van der Waals surface area contributed by atoms with E-state index >= 15 is 0 Å². The second-order valence-electron chi connectivity index (χ2n) is 5.22. The van der Waals surface area contributed by atoms with Crippen LogP contribution in [0.4, 0.5) is 29.6 Å². The lowest BCUT2D eigenvalue weighted by molar-refractivity contribution is -0.192. The van der Waals surface area contributed by atoms with Gasteiger partial charge in [0.1, 0.15) is 6.10 Å². The van der Waals surface area contributed by atoms with E-state index in [4.69, 9.17) is 25.1 Å². The number of carboxylic acid groups (broad SMARTS) is 1.